The first kappa shape index (κ1) is 15.6. The van der Waals surface area contributed by atoms with Crippen LogP contribution in [-0.2, 0) is 0 Å². The third-order valence-corrected chi connectivity index (χ3v) is 4.14. The number of aromatic nitrogens is 2. The number of anilines is 3. The van der Waals surface area contributed by atoms with E-state index in [4.69, 9.17) is 4.74 Å². The minimum Gasteiger partial charge on any atom is -0.497 e. The Hall–Kier alpha value is -2.30. The molecule has 5 nitrogen and oxygen atoms in total. The van der Waals surface area contributed by atoms with Crippen LogP contribution >= 0.6 is 0 Å². The molecule has 23 heavy (non-hydrogen) atoms. The van der Waals surface area contributed by atoms with Crippen molar-refractivity contribution >= 4 is 17.3 Å². The zero-order valence-corrected chi connectivity index (χ0v) is 13.8. The number of hydrogen-bond donors (Lipinski definition) is 2. The molecule has 0 radical (unpaired) electrons. The first-order valence-electron chi connectivity index (χ1n) is 8.26. The van der Waals surface area contributed by atoms with Crippen LogP contribution in [0.2, 0.25) is 0 Å². The Morgan fingerprint density at radius 2 is 1.83 bits per heavy atom. The second-order valence-electron chi connectivity index (χ2n) is 6.02. The van der Waals surface area contributed by atoms with E-state index in [1.165, 1.54) is 32.1 Å². The molecule has 1 aliphatic carbocycles. The van der Waals surface area contributed by atoms with Crippen molar-refractivity contribution in [1.82, 2.24) is 9.97 Å². The lowest BCUT2D eigenvalue weighted by Crippen LogP contribution is -2.23. The van der Waals surface area contributed by atoms with Gasteiger partial charge in [-0.05, 0) is 31.9 Å². The van der Waals surface area contributed by atoms with Crippen molar-refractivity contribution in [3.8, 4) is 5.75 Å². The molecule has 0 bridgehead atoms. The Morgan fingerprint density at radius 1 is 1.04 bits per heavy atom. The zero-order valence-electron chi connectivity index (χ0n) is 13.8. The maximum atomic E-state index is 5.26. The van der Waals surface area contributed by atoms with E-state index in [9.17, 15) is 0 Å². The monoisotopic (exact) mass is 312 g/mol. The predicted molar refractivity (Wildman–Crippen MR) is 93.5 cm³/mol. The summed E-state index contributed by atoms with van der Waals surface area (Å²) in [5.74, 6) is 3.27. The van der Waals surface area contributed by atoms with Crippen molar-refractivity contribution in [3.05, 3.63) is 36.2 Å². The molecular weight excluding hydrogens is 288 g/mol. The number of rotatable bonds is 5. The van der Waals surface area contributed by atoms with Gasteiger partial charge in [0, 0.05) is 23.9 Å². The molecule has 1 aliphatic rings. The molecule has 0 unspecified atom stereocenters. The van der Waals surface area contributed by atoms with E-state index in [0.29, 0.717) is 6.04 Å². The van der Waals surface area contributed by atoms with Gasteiger partial charge in [0.1, 0.15) is 23.2 Å². The normalized spacial score (nSPS) is 15.2. The molecular formula is C18H24N4O. The van der Waals surface area contributed by atoms with E-state index in [1.54, 1.807) is 7.11 Å². The van der Waals surface area contributed by atoms with E-state index >= 15 is 0 Å². The molecule has 1 aromatic heterocycles. The van der Waals surface area contributed by atoms with Crippen molar-refractivity contribution in [1.29, 1.82) is 0 Å². The van der Waals surface area contributed by atoms with Crippen LogP contribution in [0.15, 0.2) is 30.3 Å². The molecule has 5 heteroatoms. The van der Waals surface area contributed by atoms with Crippen molar-refractivity contribution in [2.75, 3.05) is 17.7 Å². The molecule has 2 N–H and O–H groups in total. The van der Waals surface area contributed by atoms with Gasteiger partial charge in [-0.2, -0.15) is 0 Å². The Labute approximate surface area is 137 Å². The van der Waals surface area contributed by atoms with Gasteiger partial charge in [0.05, 0.1) is 7.11 Å². The highest BCUT2D eigenvalue weighted by molar-refractivity contribution is 5.60. The minimum absolute atomic E-state index is 0.530. The summed E-state index contributed by atoms with van der Waals surface area (Å²) in [5, 5.41) is 6.88. The molecule has 0 amide bonds. The molecule has 3 rings (SSSR count). The molecule has 1 saturated carbocycles. The lowest BCUT2D eigenvalue weighted by molar-refractivity contribution is 0.415. The van der Waals surface area contributed by atoms with Crippen molar-refractivity contribution in [2.45, 2.75) is 45.1 Å². The van der Waals surface area contributed by atoms with Crippen LogP contribution in [0.3, 0.4) is 0 Å². The van der Waals surface area contributed by atoms with Gasteiger partial charge in [0.15, 0.2) is 0 Å². The fourth-order valence-electron chi connectivity index (χ4n) is 3.01. The summed E-state index contributed by atoms with van der Waals surface area (Å²) < 4.78 is 5.26. The fraction of sp³-hybridized carbons (Fsp3) is 0.444. The van der Waals surface area contributed by atoms with Gasteiger partial charge >= 0.3 is 0 Å². The van der Waals surface area contributed by atoms with Crippen molar-refractivity contribution in [2.24, 2.45) is 0 Å². The summed E-state index contributed by atoms with van der Waals surface area (Å²) in [7, 11) is 1.67. The number of nitrogens with zero attached hydrogens (tertiary/aromatic N) is 2. The van der Waals surface area contributed by atoms with Gasteiger partial charge in [0.25, 0.3) is 0 Å². The van der Waals surface area contributed by atoms with Gasteiger partial charge in [-0.3, -0.25) is 0 Å². The Morgan fingerprint density at radius 3 is 2.61 bits per heavy atom. The number of methoxy groups -OCH3 is 1. The van der Waals surface area contributed by atoms with E-state index in [-0.39, 0.29) is 0 Å². The maximum absolute atomic E-state index is 5.26. The maximum Gasteiger partial charge on any atom is 0.136 e. The average Bonchev–Trinajstić information content (AvgIpc) is 2.55. The van der Waals surface area contributed by atoms with E-state index in [1.807, 2.05) is 37.3 Å². The van der Waals surface area contributed by atoms with E-state index in [2.05, 4.69) is 20.6 Å². The second-order valence-corrected chi connectivity index (χ2v) is 6.02. The molecule has 0 saturated heterocycles. The summed E-state index contributed by atoms with van der Waals surface area (Å²) in [5.41, 5.74) is 0.950. The molecule has 0 spiro atoms. The summed E-state index contributed by atoms with van der Waals surface area (Å²) >= 11 is 0. The predicted octanol–water partition coefficient (Wildman–Crippen LogP) is 4.28. The quantitative estimate of drug-likeness (QED) is 0.863. The van der Waals surface area contributed by atoms with Gasteiger partial charge in [-0.15, -0.1) is 0 Å². The number of benzene rings is 1. The lowest BCUT2D eigenvalue weighted by atomic mass is 9.95. The van der Waals surface area contributed by atoms with Crippen LogP contribution in [0.1, 0.15) is 37.9 Å². The highest BCUT2D eigenvalue weighted by Gasteiger charge is 2.14. The summed E-state index contributed by atoms with van der Waals surface area (Å²) in [6.07, 6.45) is 6.40. The fourth-order valence-corrected chi connectivity index (χ4v) is 3.01. The number of ether oxygens (including phenoxy) is 1. The number of aryl methyl sites for hydroxylation is 1. The zero-order chi connectivity index (χ0) is 16.1. The van der Waals surface area contributed by atoms with Crippen LogP contribution in [0.25, 0.3) is 0 Å². The smallest absolute Gasteiger partial charge is 0.136 e. The molecule has 2 aromatic rings. The summed E-state index contributed by atoms with van der Waals surface area (Å²) in [6, 6.07) is 10.3. The summed E-state index contributed by atoms with van der Waals surface area (Å²) in [4.78, 5) is 8.99. The van der Waals surface area contributed by atoms with Crippen molar-refractivity contribution in [3.63, 3.8) is 0 Å². The number of nitrogens with one attached hydrogen (secondary N) is 2. The SMILES string of the molecule is COc1cccc(Nc2cc(NC3CCCCC3)nc(C)n2)c1. The second kappa shape index (κ2) is 7.31. The molecule has 1 heterocycles. The Balaban J connectivity index is 1.73. The Kier molecular flexibility index (Phi) is 4.95. The first-order chi connectivity index (χ1) is 11.2. The molecule has 0 atom stereocenters. The van der Waals surface area contributed by atoms with Crippen LogP contribution in [0.4, 0.5) is 17.3 Å². The number of hydrogen-bond acceptors (Lipinski definition) is 5. The average molecular weight is 312 g/mol. The van der Waals surface area contributed by atoms with Gasteiger partial charge in [-0.1, -0.05) is 25.3 Å². The van der Waals surface area contributed by atoms with Gasteiger partial charge < -0.3 is 15.4 Å². The molecule has 0 aliphatic heterocycles. The van der Waals surface area contributed by atoms with Crippen molar-refractivity contribution < 1.29 is 4.74 Å². The van der Waals surface area contributed by atoms with Crippen LogP contribution < -0.4 is 15.4 Å². The summed E-state index contributed by atoms with van der Waals surface area (Å²) in [6.45, 7) is 1.92. The highest BCUT2D eigenvalue weighted by atomic mass is 16.5. The van der Waals surface area contributed by atoms with Crippen LogP contribution in [-0.4, -0.2) is 23.1 Å². The van der Waals surface area contributed by atoms with E-state index in [0.717, 1.165) is 28.9 Å². The lowest BCUT2D eigenvalue weighted by Gasteiger charge is -2.23. The molecule has 122 valence electrons. The minimum atomic E-state index is 0.530. The third-order valence-electron chi connectivity index (χ3n) is 4.14. The molecule has 1 fully saturated rings. The van der Waals surface area contributed by atoms with E-state index < -0.39 is 0 Å². The largest absolute Gasteiger partial charge is 0.497 e. The van der Waals surface area contributed by atoms with Gasteiger partial charge in [0.2, 0.25) is 0 Å². The molecule has 1 aromatic carbocycles. The third kappa shape index (κ3) is 4.34. The van der Waals surface area contributed by atoms with Crippen LogP contribution in [0, 0.1) is 6.92 Å². The van der Waals surface area contributed by atoms with Gasteiger partial charge in [-0.25, -0.2) is 9.97 Å². The Bertz CT molecular complexity index is 653. The standard InChI is InChI=1S/C18H24N4O/c1-13-19-17(21-14-7-4-3-5-8-14)12-18(20-13)22-15-9-6-10-16(11-15)23-2/h6,9-12,14H,3-5,7-8H2,1-2H3,(H2,19,20,21,22). The first-order valence-corrected chi connectivity index (χ1v) is 8.26. The topological polar surface area (TPSA) is 59.1 Å². The highest BCUT2D eigenvalue weighted by Crippen LogP contribution is 2.24. The van der Waals surface area contributed by atoms with Crippen LogP contribution in [0.5, 0.6) is 5.75 Å².